The summed E-state index contributed by atoms with van der Waals surface area (Å²) in [6.45, 7) is 1.49. The van der Waals surface area contributed by atoms with Crippen molar-refractivity contribution in [2.75, 3.05) is 30.9 Å². The van der Waals surface area contributed by atoms with E-state index in [1.807, 2.05) is 0 Å². The second kappa shape index (κ2) is 5.89. The van der Waals surface area contributed by atoms with Crippen LogP contribution in [0.25, 0.3) is 0 Å². The number of ether oxygens (including phenoxy) is 2. The Labute approximate surface area is 124 Å². The monoisotopic (exact) mass is 291 g/mol. The molecule has 1 aliphatic heterocycles. The van der Waals surface area contributed by atoms with Crippen molar-refractivity contribution in [3.63, 3.8) is 0 Å². The van der Waals surface area contributed by atoms with E-state index in [4.69, 9.17) is 15.2 Å². The molecule has 2 atom stereocenters. The number of carbonyl (C=O) groups is 1. The normalized spacial score (nSPS) is 25.3. The molecule has 2 aliphatic rings. The van der Waals surface area contributed by atoms with Crippen molar-refractivity contribution in [3.05, 3.63) is 17.8 Å². The molecule has 1 saturated heterocycles. The van der Waals surface area contributed by atoms with E-state index in [2.05, 4.69) is 9.88 Å². The number of fused-ring (bicyclic) bond motifs is 1. The largest absolute Gasteiger partial charge is 0.465 e. The molecule has 1 aromatic rings. The van der Waals surface area contributed by atoms with E-state index >= 15 is 0 Å². The fourth-order valence-corrected chi connectivity index (χ4v) is 3.28. The Morgan fingerprint density at radius 1 is 1.48 bits per heavy atom. The molecule has 0 amide bonds. The smallest absolute Gasteiger partial charge is 0.340 e. The van der Waals surface area contributed by atoms with Crippen LogP contribution in [-0.2, 0) is 9.47 Å². The third-order valence-corrected chi connectivity index (χ3v) is 4.35. The third-order valence-electron chi connectivity index (χ3n) is 4.35. The molecule has 0 radical (unpaired) electrons. The first-order chi connectivity index (χ1) is 10.2. The standard InChI is InChI=1S/C15H21N3O3/c1-20-15(19)10-8-14(17-9-11(10)16)18-6-7-21-13-5-3-2-4-12(13)18/h8-9,12-13H,2-7,16H2,1H3. The minimum atomic E-state index is -0.426. The molecule has 21 heavy (non-hydrogen) atoms. The van der Waals surface area contributed by atoms with Gasteiger partial charge in [-0.25, -0.2) is 9.78 Å². The lowest BCUT2D eigenvalue weighted by Gasteiger charge is -2.44. The average molecular weight is 291 g/mol. The van der Waals surface area contributed by atoms with Gasteiger partial charge in [0.2, 0.25) is 0 Å². The molecule has 6 nitrogen and oxygen atoms in total. The molecule has 1 saturated carbocycles. The molecule has 0 bridgehead atoms. The Hall–Kier alpha value is -1.82. The first-order valence-corrected chi connectivity index (χ1v) is 7.43. The van der Waals surface area contributed by atoms with Gasteiger partial charge in [0.1, 0.15) is 5.82 Å². The number of esters is 1. The number of pyridine rings is 1. The Kier molecular flexibility index (Phi) is 3.96. The predicted octanol–water partition coefficient (Wildman–Crippen LogP) is 1.60. The van der Waals surface area contributed by atoms with Crippen LogP contribution < -0.4 is 10.6 Å². The summed E-state index contributed by atoms with van der Waals surface area (Å²) in [6, 6.07) is 2.08. The van der Waals surface area contributed by atoms with Gasteiger partial charge in [-0.05, 0) is 18.9 Å². The highest BCUT2D eigenvalue weighted by molar-refractivity contribution is 5.95. The van der Waals surface area contributed by atoms with Crippen LogP contribution >= 0.6 is 0 Å². The van der Waals surface area contributed by atoms with Crippen LogP contribution in [0.4, 0.5) is 11.5 Å². The van der Waals surface area contributed by atoms with Gasteiger partial charge in [0.15, 0.2) is 0 Å². The maximum absolute atomic E-state index is 11.8. The highest BCUT2D eigenvalue weighted by Crippen LogP contribution is 2.32. The molecular formula is C15H21N3O3. The van der Waals surface area contributed by atoms with Crippen LogP contribution in [0.1, 0.15) is 36.0 Å². The number of methoxy groups -OCH3 is 1. The quantitative estimate of drug-likeness (QED) is 0.834. The lowest BCUT2D eigenvalue weighted by Crippen LogP contribution is -2.53. The predicted molar refractivity (Wildman–Crippen MR) is 79.3 cm³/mol. The molecule has 3 rings (SSSR count). The number of hydrogen-bond donors (Lipinski definition) is 1. The van der Waals surface area contributed by atoms with E-state index in [-0.39, 0.29) is 6.10 Å². The summed E-state index contributed by atoms with van der Waals surface area (Å²) < 4.78 is 10.6. The average Bonchev–Trinajstić information content (AvgIpc) is 2.54. The van der Waals surface area contributed by atoms with Crippen molar-refractivity contribution in [1.82, 2.24) is 4.98 Å². The molecule has 0 spiro atoms. The summed E-state index contributed by atoms with van der Waals surface area (Å²) in [6.07, 6.45) is 6.43. The number of nitrogens with two attached hydrogens (primary N) is 1. The van der Waals surface area contributed by atoms with Gasteiger partial charge in [-0.2, -0.15) is 0 Å². The van der Waals surface area contributed by atoms with Crippen LogP contribution in [0.3, 0.4) is 0 Å². The fraction of sp³-hybridized carbons (Fsp3) is 0.600. The summed E-state index contributed by atoms with van der Waals surface area (Å²) in [5.74, 6) is 0.356. The molecule has 2 unspecified atom stereocenters. The van der Waals surface area contributed by atoms with Gasteiger partial charge in [-0.3, -0.25) is 0 Å². The highest BCUT2D eigenvalue weighted by Gasteiger charge is 2.35. The number of morpholine rings is 1. The van der Waals surface area contributed by atoms with Gasteiger partial charge in [-0.15, -0.1) is 0 Å². The lowest BCUT2D eigenvalue weighted by molar-refractivity contribution is -0.00898. The number of anilines is 2. The van der Waals surface area contributed by atoms with E-state index < -0.39 is 5.97 Å². The van der Waals surface area contributed by atoms with E-state index in [1.165, 1.54) is 26.1 Å². The Bertz CT molecular complexity index is 533. The van der Waals surface area contributed by atoms with E-state index in [0.717, 1.165) is 25.2 Å². The zero-order valence-electron chi connectivity index (χ0n) is 12.2. The fourth-order valence-electron chi connectivity index (χ4n) is 3.28. The van der Waals surface area contributed by atoms with Crippen LogP contribution in [0.15, 0.2) is 12.3 Å². The number of nitrogens with zero attached hydrogens (tertiary/aromatic N) is 2. The summed E-state index contributed by atoms with van der Waals surface area (Å²) in [4.78, 5) is 18.4. The molecule has 2 heterocycles. The minimum absolute atomic E-state index is 0.272. The SMILES string of the molecule is COC(=O)c1cc(N2CCOC3CCCCC32)ncc1N. The van der Waals surface area contributed by atoms with Gasteiger partial charge in [-0.1, -0.05) is 12.8 Å². The molecule has 0 aromatic carbocycles. The van der Waals surface area contributed by atoms with Crippen molar-refractivity contribution in [3.8, 4) is 0 Å². The summed E-state index contributed by atoms with van der Waals surface area (Å²) in [5.41, 5.74) is 6.54. The van der Waals surface area contributed by atoms with Crippen molar-refractivity contribution in [1.29, 1.82) is 0 Å². The van der Waals surface area contributed by atoms with Crippen molar-refractivity contribution in [2.24, 2.45) is 0 Å². The molecule has 6 heteroatoms. The molecule has 2 fully saturated rings. The molecule has 114 valence electrons. The third kappa shape index (κ3) is 2.68. The van der Waals surface area contributed by atoms with Gasteiger partial charge in [0.05, 0.1) is 43.3 Å². The summed E-state index contributed by atoms with van der Waals surface area (Å²) in [7, 11) is 1.35. The maximum Gasteiger partial charge on any atom is 0.340 e. The van der Waals surface area contributed by atoms with Gasteiger partial charge >= 0.3 is 5.97 Å². The zero-order chi connectivity index (χ0) is 14.8. The second-order valence-electron chi connectivity index (χ2n) is 5.58. The zero-order valence-corrected chi connectivity index (χ0v) is 12.2. The van der Waals surface area contributed by atoms with Crippen molar-refractivity contribution >= 4 is 17.5 Å². The lowest BCUT2D eigenvalue weighted by atomic mass is 9.90. The van der Waals surface area contributed by atoms with Crippen LogP contribution in [0, 0.1) is 0 Å². The van der Waals surface area contributed by atoms with Gasteiger partial charge < -0.3 is 20.1 Å². The Morgan fingerprint density at radius 2 is 2.29 bits per heavy atom. The van der Waals surface area contributed by atoms with Crippen molar-refractivity contribution < 1.29 is 14.3 Å². The van der Waals surface area contributed by atoms with E-state index in [1.54, 1.807) is 6.07 Å². The highest BCUT2D eigenvalue weighted by atomic mass is 16.5. The van der Waals surface area contributed by atoms with Crippen LogP contribution in [-0.4, -0.2) is 43.4 Å². The first-order valence-electron chi connectivity index (χ1n) is 7.43. The molecule has 1 aromatic heterocycles. The minimum Gasteiger partial charge on any atom is -0.465 e. The molecular weight excluding hydrogens is 270 g/mol. The number of carbonyl (C=O) groups excluding carboxylic acids is 1. The first kappa shape index (κ1) is 14.1. The molecule has 1 aliphatic carbocycles. The van der Waals surface area contributed by atoms with E-state index in [0.29, 0.717) is 23.9 Å². The summed E-state index contributed by atoms with van der Waals surface area (Å²) >= 11 is 0. The van der Waals surface area contributed by atoms with Crippen molar-refractivity contribution in [2.45, 2.75) is 37.8 Å². The second-order valence-corrected chi connectivity index (χ2v) is 5.58. The van der Waals surface area contributed by atoms with Crippen LogP contribution in [0.2, 0.25) is 0 Å². The molecule has 2 N–H and O–H groups in total. The summed E-state index contributed by atoms with van der Waals surface area (Å²) in [5, 5.41) is 0. The maximum atomic E-state index is 11.8. The van der Waals surface area contributed by atoms with Gasteiger partial charge in [0, 0.05) is 6.54 Å². The van der Waals surface area contributed by atoms with E-state index in [9.17, 15) is 4.79 Å². The number of nitrogen functional groups attached to an aromatic ring is 1. The van der Waals surface area contributed by atoms with Gasteiger partial charge in [0.25, 0.3) is 0 Å². The number of aromatic nitrogens is 1. The van der Waals surface area contributed by atoms with Crippen LogP contribution in [0.5, 0.6) is 0 Å². The number of hydrogen-bond acceptors (Lipinski definition) is 6. The number of rotatable bonds is 2. The Morgan fingerprint density at radius 3 is 3.10 bits per heavy atom. The topological polar surface area (TPSA) is 77.7 Å². The Balaban J connectivity index is 1.90.